The van der Waals surface area contributed by atoms with E-state index in [1.54, 1.807) is 20.1 Å². The van der Waals surface area contributed by atoms with E-state index >= 15 is 0 Å². The molecular formula is C25H48N11O5. The molecule has 0 spiro atoms. The molecule has 0 rings (SSSR count). The van der Waals surface area contributed by atoms with Gasteiger partial charge in [-0.25, -0.2) is 0 Å². The molecule has 233 valence electrons. The molecule has 4 amide bonds. The van der Waals surface area contributed by atoms with E-state index in [0.29, 0.717) is 11.3 Å². The summed E-state index contributed by atoms with van der Waals surface area (Å²) in [5.41, 5.74) is 22.1. The first-order valence-corrected chi connectivity index (χ1v) is 13.6. The van der Waals surface area contributed by atoms with Crippen LogP contribution in [0.3, 0.4) is 0 Å². The highest BCUT2D eigenvalue weighted by molar-refractivity contribution is 6.02. The second kappa shape index (κ2) is 19.3. The zero-order chi connectivity index (χ0) is 31.7. The van der Waals surface area contributed by atoms with Gasteiger partial charge in [-0.3, -0.25) is 39.7 Å². The van der Waals surface area contributed by atoms with Crippen LogP contribution in [0.15, 0.2) is 0 Å². The smallest absolute Gasteiger partial charge is 0.252 e. The van der Waals surface area contributed by atoms with Crippen molar-refractivity contribution in [2.45, 2.75) is 84.0 Å². The Hall–Kier alpha value is -3.79. The highest BCUT2D eigenvalue weighted by atomic mass is 16.2. The Morgan fingerprint density at radius 1 is 0.878 bits per heavy atom. The van der Waals surface area contributed by atoms with E-state index in [1.807, 2.05) is 13.8 Å². The molecule has 0 aliphatic heterocycles. The van der Waals surface area contributed by atoms with Gasteiger partial charge in [-0.1, -0.05) is 27.7 Å². The lowest BCUT2D eigenvalue weighted by Crippen LogP contribution is -2.60. The fourth-order valence-corrected chi connectivity index (χ4v) is 3.93. The molecule has 0 fully saturated rings. The lowest BCUT2D eigenvalue weighted by molar-refractivity contribution is -0.148. The van der Waals surface area contributed by atoms with E-state index in [0.717, 1.165) is 0 Å². The number of hydrogen-bond acceptors (Lipinski definition) is 9. The summed E-state index contributed by atoms with van der Waals surface area (Å²) in [6.45, 7) is 7.06. The van der Waals surface area contributed by atoms with Crippen LogP contribution < -0.4 is 44.2 Å². The van der Waals surface area contributed by atoms with Crippen LogP contribution in [0.5, 0.6) is 0 Å². The lowest BCUT2D eigenvalue weighted by atomic mass is 9.99. The number of nitrogens with two attached hydrogens (primary N) is 4. The SMILES string of the molecule is CC(C)C[C@H](N)C(=O)N[C@H](C(=O)N[C@@H](CCCNC(=N)N)C(=O)N(C(=O)CN)[C@H]([C]=O)CCCNC(=N)N)C(C)C. The van der Waals surface area contributed by atoms with Crippen LogP contribution in [0.25, 0.3) is 0 Å². The molecule has 0 saturated heterocycles. The summed E-state index contributed by atoms with van der Waals surface area (Å²) in [4.78, 5) is 65.0. The second-order valence-electron chi connectivity index (χ2n) is 10.4. The third-order valence-electron chi connectivity index (χ3n) is 6.01. The molecule has 14 N–H and O–H groups in total. The Kier molecular flexibility index (Phi) is 17.5. The summed E-state index contributed by atoms with van der Waals surface area (Å²) in [5, 5.41) is 24.9. The van der Waals surface area contributed by atoms with Crippen molar-refractivity contribution in [1.82, 2.24) is 26.2 Å². The van der Waals surface area contributed by atoms with Crippen LogP contribution in [0, 0.1) is 22.7 Å². The summed E-state index contributed by atoms with van der Waals surface area (Å²) in [5.74, 6) is -3.72. The maximum atomic E-state index is 13.7. The van der Waals surface area contributed by atoms with Gasteiger partial charge in [0.15, 0.2) is 11.9 Å². The monoisotopic (exact) mass is 582 g/mol. The maximum Gasteiger partial charge on any atom is 0.252 e. The van der Waals surface area contributed by atoms with Crippen LogP contribution in [-0.4, -0.2) is 90.5 Å². The van der Waals surface area contributed by atoms with Gasteiger partial charge >= 0.3 is 0 Å². The molecule has 0 aromatic rings. The number of imide groups is 1. The van der Waals surface area contributed by atoms with Crippen LogP contribution >= 0.6 is 0 Å². The average molecular weight is 583 g/mol. The summed E-state index contributed by atoms with van der Waals surface area (Å²) >= 11 is 0. The van der Waals surface area contributed by atoms with E-state index in [2.05, 4.69) is 21.3 Å². The molecule has 1 radical (unpaired) electrons. The molecule has 0 bridgehead atoms. The molecule has 4 atom stereocenters. The van der Waals surface area contributed by atoms with Gasteiger partial charge in [0.2, 0.25) is 24.0 Å². The minimum absolute atomic E-state index is 0.00228. The minimum Gasteiger partial charge on any atom is -0.370 e. The zero-order valence-electron chi connectivity index (χ0n) is 24.4. The Labute approximate surface area is 241 Å². The lowest BCUT2D eigenvalue weighted by Gasteiger charge is -2.31. The van der Waals surface area contributed by atoms with Gasteiger partial charge in [-0.05, 0) is 43.9 Å². The van der Waals surface area contributed by atoms with Gasteiger partial charge in [0, 0.05) is 13.1 Å². The number of hydrogen-bond donors (Lipinski definition) is 10. The number of rotatable bonds is 19. The summed E-state index contributed by atoms with van der Waals surface area (Å²) in [6, 6.07) is -4.48. The van der Waals surface area contributed by atoms with Crippen LogP contribution in [0.2, 0.25) is 0 Å². The van der Waals surface area contributed by atoms with Gasteiger partial charge in [0.05, 0.1) is 12.6 Å². The number of carbonyl (C=O) groups excluding carboxylic acids is 5. The van der Waals surface area contributed by atoms with Gasteiger partial charge in [-0.15, -0.1) is 0 Å². The number of amides is 4. The van der Waals surface area contributed by atoms with Gasteiger partial charge in [0.1, 0.15) is 18.1 Å². The van der Waals surface area contributed by atoms with Crippen LogP contribution in [-0.2, 0) is 24.0 Å². The fourth-order valence-electron chi connectivity index (χ4n) is 3.93. The van der Waals surface area contributed by atoms with Crippen molar-refractivity contribution in [3.63, 3.8) is 0 Å². The molecule has 0 heterocycles. The highest BCUT2D eigenvalue weighted by Gasteiger charge is 2.36. The molecule has 16 heteroatoms. The van der Waals surface area contributed by atoms with Gasteiger partial charge in [0.25, 0.3) is 5.91 Å². The largest absolute Gasteiger partial charge is 0.370 e. The first kappa shape index (κ1) is 37.2. The van der Waals surface area contributed by atoms with E-state index in [-0.39, 0.29) is 62.5 Å². The third kappa shape index (κ3) is 14.4. The molecule has 0 unspecified atom stereocenters. The first-order chi connectivity index (χ1) is 19.2. The third-order valence-corrected chi connectivity index (χ3v) is 6.01. The molecule has 0 aliphatic carbocycles. The van der Waals surface area contributed by atoms with E-state index in [1.165, 1.54) is 0 Å². The first-order valence-electron chi connectivity index (χ1n) is 13.6. The maximum absolute atomic E-state index is 13.7. The molecule has 16 nitrogen and oxygen atoms in total. The van der Waals surface area contributed by atoms with Crippen molar-refractivity contribution in [2.75, 3.05) is 19.6 Å². The van der Waals surface area contributed by atoms with Crippen LogP contribution in [0.1, 0.15) is 59.8 Å². The topological polar surface area (TPSA) is 288 Å². The fraction of sp³-hybridized carbons (Fsp3) is 0.720. The number of nitrogens with zero attached hydrogens (tertiary/aromatic N) is 1. The molecule has 41 heavy (non-hydrogen) atoms. The van der Waals surface area contributed by atoms with Crippen molar-refractivity contribution in [3.05, 3.63) is 0 Å². The number of guanidine groups is 2. The Morgan fingerprint density at radius 2 is 1.41 bits per heavy atom. The molecular weight excluding hydrogens is 534 g/mol. The highest BCUT2D eigenvalue weighted by Crippen LogP contribution is 2.13. The Morgan fingerprint density at radius 3 is 1.85 bits per heavy atom. The summed E-state index contributed by atoms with van der Waals surface area (Å²) in [7, 11) is 0. The standard InChI is InChI=1S/C25H48N11O5/c1-14(2)11-17(27)21(39)35-20(15(3)4)22(40)34-18(8-6-10-33-25(30)31)23(41)36(19(38)12-26)16(13-37)7-5-9-32-24(28)29/h14-18,20H,5-12,26-27H2,1-4H3,(H,34,40)(H,35,39)(H4,28,29,32)(H4,30,31,33)/t16-,17-,18-,20-/m0/s1. The van der Waals surface area contributed by atoms with Crippen molar-refractivity contribution in [2.24, 2.45) is 34.8 Å². The quantitative estimate of drug-likeness (QED) is 0.0424. The molecule has 0 aromatic carbocycles. The molecule has 0 aromatic heterocycles. The predicted molar refractivity (Wildman–Crippen MR) is 155 cm³/mol. The molecule has 0 aliphatic rings. The van der Waals surface area contributed by atoms with Gasteiger partial charge < -0.3 is 44.2 Å². The Balaban J connectivity index is 6.03. The number of carbonyl (C=O) groups is 4. The van der Waals surface area contributed by atoms with Gasteiger partial charge in [-0.2, -0.15) is 0 Å². The summed E-state index contributed by atoms with van der Waals surface area (Å²) in [6.07, 6.45) is 2.62. The van der Waals surface area contributed by atoms with Crippen molar-refractivity contribution in [1.29, 1.82) is 10.8 Å². The summed E-state index contributed by atoms with van der Waals surface area (Å²) < 4.78 is 0. The average Bonchev–Trinajstić information content (AvgIpc) is 2.88. The van der Waals surface area contributed by atoms with E-state index < -0.39 is 54.3 Å². The van der Waals surface area contributed by atoms with Crippen LogP contribution in [0.4, 0.5) is 0 Å². The van der Waals surface area contributed by atoms with Crippen molar-refractivity contribution in [3.8, 4) is 0 Å². The van der Waals surface area contributed by atoms with Crippen molar-refractivity contribution >= 4 is 41.8 Å². The predicted octanol–water partition coefficient (Wildman–Crippen LogP) is -2.70. The number of nitrogens with one attached hydrogen (secondary N) is 6. The zero-order valence-corrected chi connectivity index (χ0v) is 24.4. The van der Waals surface area contributed by atoms with E-state index in [4.69, 9.17) is 33.8 Å². The minimum atomic E-state index is -1.31. The molecule has 0 saturated carbocycles. The van der Waals surface area contributed by atoms with E-state index in [9.17, 15) is 24.0 Å². The Bertz CT molecular complexity index is 912. The van der Waals surface area contributed by atoms with Crippen molar-refractivity contribution < 1.29 is 24.0 Å². The normalized spacial score (nSPS) is 13.9. The second-order valence-corrected chi connectivity index (χ2v) is 10.4.